The van der Waals surface area contributed by atoms with Gasteiger partial charge in [-0.25, -0.2) is 18.2 Å². The third-order valence-electron chi connectivity index (χ3n) is 7.81. The van der Waals surface area contributed by atoms with Crippen molar-refractivity contribution in [3.63, 3.8) is 0 Å². The monoisotopic (exact) mass is 598 g/mol. The standard InChI is InChI=1S/C30H34N2O7S2/c1-17-3-12-27(39-16-28(34)35)32-30(17)40-18(2)31-29(36)25(14-19-4-8-22(33)13-19)21-7-11-26(24(15-21)20-5-6-20)41(37,38)23-9-10-23/h3,7,11-12,15,19-20,23,25H,2,4-6,8-10,13-14,16H2,1H3,(H,31,36)(H,34,35)/t19-,25+/m0/s1. The van der Waals surface area contributed by atoms with Gasteiger partial charge in [0.15, 0.2) is 16.4 Å². The van der Waals surface area contributed by atoms with Crippen molar-refractivity contribution >= 4 is 39.3 Å². The number of hydrogen-bond donors (Lipinski definition) is 2. The molecule has 5 rings (SSSR count). The van der Waals surface area contributed by atoms with Crippen molar-refractivity contribution in [1.29, 1.82) is 0 Å². The summed E-state index contributed by atoms with van der Waals surface area (Å²) in [5.74, 6) is -1.37. The maximum absolute atomic E-state index is 13.7. The Morgan fingerprint density at radius 1 is 1.17 bits per heavy atom. The normalized spacial score (nSPS) is 19.5. The first-order chi connectivity index (χ1) is 19.5. The van der Waals surface area contributed by atoms with E-state index in [0.717, 1.165) is 47.7 Å². The molecule has 1 aromatic heterocycles. The number of sulfone groups is 1. The third kappa shape index (κ3) is 7.19. The molecule has 0 saturated heterocycles. The lowest BCUT2D eigenvalue weighted by atomic mass is 9.86. The predicted molar refractivity (Wildman–Crippen MR) is 154 cm³/mol. The molecule has 3 saturated carbocycles. The van der Waals surface area contributed by atoms with E-state index in [1.165, 1.54) is 0 Å². The zero-order chi connectivity index (χ0) is 29.3. The summed E-state index contributed by atoms with van der Waals surface area (Å²) < 4.78 is 31.5. The number of nitrogens with one attached hydrogen (secondary N) is 1. The Kier molecular flexibility index (Phi) is 8.56. The summed E-state index contributed by atoms with van der Waals surface area (Å²) in [6.45, 7) is 5.32. The van der Waals surface area contributed by atoms with Crippen LogP contribution in [-0.2, 0) is 24.2 Å². The molecule has 2 aromatic rings. The molecule has 0 aliphatic heterocycles. The first-order valence-corrected chi connectivity index (χ1v) is 16.3. The first kappa shape index (κ1) is 29.3. The number of thioether (sulfide) groups is 1. The molecular formula is C30H34N2O7S2. The van der Waals surface area contributed by atoms with E-state index in [2.05, 4.69) is 16.9 Å². The van der Waals surface area contributed by atoms with E-state index in [1.54, 1.807) is 24.3 Å². The molecule has 3 fully saturated rings. The average molecular weight is 599 g/mol. The van der Waals surface area contributed by atoms with E-state index in [1.807, 2.05) is 13.0 Å². The van der Waals surface area contributed by atoms with Gasteiger partial charge in [-0.15, -0.1) is 0 Å². The number of aromatic nitrogens is 1. The summed E-state index contributed by atoms with van der Waals surface area (Å²) in [6, 6.07) is 8.66. The Hall–Kier alpha value is -3.18. The molecule has 0 bridgehead atoms. The second-order valence-corrected chi connectivity index (χ2v) is 14.5. The number of ketones is 1. The van der Waals surface area contributed by atoms with Crippen molar-refractivity contribution in [2.45, 2.75) is 85.3 Å². The summed E-state index contributed by atoms with van der Waals surface area (Å²) in [5, 5.41) is 12.3. The van der Waals surface area contributed by atoms with Gasteiger partial charge in [0.25, 0.3) is 0 Å². The largest absolute Gasteiger partial charge is 0.479 e. The fraction of sp³-hybridized carbons (Fsp3) is 0.467. The number of carboxylic acid groups (broad SMARTS) is 1. The van der Waals surface area contributed by atoms with Gasteiger partial charge in [-0.2, -0.15) is 0 Å². The summed E-state index contributed by atoms with van der Waals surface area (Å²) in [6.07, 6.45) is 5.40. The van der Waals surface area contributed by atoms with E-state index >= 15 is 0 Å². The van der Waals surface area contributed by atoms with Crippen LogP contribution in [0.3, 0.4) is 0 Å². The van der Waals surface area contributed by atoms with E-state index in [0.29, 0.717) is 47.1 Å². The molecule has 2 atom stereocenters. The van der Waals surface area contributed by atoms with Crippen molar-refractivity contribution in [3.8, 4) is 5.88 Å². The van der Waals surface area contributed by atoms with E-state index in [-0.39, 0.29) is 34.7 Å². The number of ether oxygens (including phenoxy) is 1. The number of rotatable bonds is 13. The highest BCUT2D eigenvalue weighted by Crippen LogP contribution is 2.47. The minimum absolute atomic E-state index is 0.0744. The summed E-state index contributed by atoms with van der Waals surface area (Å²) in [7, 11) is -3.38. The van der Waals surface area contributed by atoms with Crippen LogP contribution in [0.15, 0.2) is 51.9 Å². The van der Waals surface area contributed by atoms with Crippen LogP contribution in [0.4, 0.5) is 0 Å². The number of benzene rings is 1. The molecule has 218 valence electrons. The Bertz CT molecular complexity index is 1500. The quantitative estimate of drug-likeness (QED) is 0.309. The van der Waals surface area contributed by atoms with Gasteiger partial charge in [-0.3, -0.25) is 9.59 Å². The lowest BCUT2D eigenvalue weighted by molar-refractivity contribution is -0.139. The van der Waals surface area contributed by atoms with Crippen LogP contribution in [0.5, 0.6) is 5.88 Å². The number of amides is 1. The molecule has 2 N–H and O–H groups in total. The first-order valence-electron chi connectivity index (χ1n) is 13.9. The SMILES string of the molecule is C=C(NC(=O)[C@H](C[C@H]1CCC(=O)C1)c1ccc(S(=O)(=O)C2CC2)c(C2CC2)c1)Sc1nc(OCC(=O)O)ccc1C. The third-order valence-corrected chi connectivity index (χ3v) is 11.1. The number of aliphatic carboxylic acids is 1. The lowest BCUT2D eigenvalue weighted by Gasteiger charge is -2.22. The van der Waals surface area contributed by atoms with Gasteiger partial charge in [-0.05, 0) is 80.0 Å². The Morgan fingerprint density at radius 3 is 2.56 bits per heavy atom. The van der Waals surface area contributed by atoms with Crippen molar-refractivity contribution < 1.29 is 32.6 Å². The molecule has 3 aliphatic carbocycles. The number of nitrogens with zero attached hydrogens (tertiary/aromatic N) is 1. The van der Waals surface area contributed by atoms with E-state index < -0.39 is 28.3 Å². The molecular weight excluding hydrogens is 564 g/mol. The van der Waals surface area contributed by atoms with Crippen molar-refractivity contribution in [2.24, 2.45) is 5.92 Å². The average Bonchev–Trinajstić information content (AvgIpc) is 3.84. The van der Waals surface area contributed by atoms with Gasteiger partial charge >= 0.3 is 5.97 Å². The maximum atomic E-state index is 13.7. The highest BCUT2D eigenvalue weighted by molar-refractivity contribution is 8.03. The van der Waals surface area contributed by atoms with Crippen LogP contribution in [0.2, 0.25) is 0 Å². The summed E-state index contributed by atoms with van der Waals surface area (Å²) >= 11 is 1.14. The van der Waals surface area contributed by atoms with Crippen LogP contribution in [0, 0.1) is 12.8 Å². The molecule has 0 spiro atoms. The smallest absolute Gasteiger partial charge is 0.341 e. The predicted octanol–water partition coefficient (Wildman–Crippen LogP) is 4.89. The Labute approximate surface area is 244 Å². The minimum Gasteiger partial charge on any atom is -0.479 e. The van der Waals surface area contributed by atoms with Gasteiger partial charge in [0, 0.05) is 18.9 Å². The van der Waals surface area contributed by atoms with Gasteiger partial charge < -0.3 is 15.2 Å². The van der Waals surface area contributed by atoms with Crippen LogP contribution in [-0.4, -0.2) is 48.0 Å². The number of aryl methyl sites for hydroxylation is 1. The molecule has 41 heavy (non-hydrogen) atoms. The molecule has 0 radical (unpaired) electrons. The summed E-state index contributed by atoms with van der Waals surface area (Å²) in [4.78, 5) is 41.3. The number of pyridine rings is 1. The van der Waals surface area contributed by atoms with Gasteiger partial charge in [-0.1, -0.05) is 36.5 Å². The number of hydrogen-bond acceptors (Lipinski definition) is 8. The van der Waals surface area contributed by atoms with Gasteiger partial charge in [0.1, 0.15) is 10.8 Å². The lowest BCUT2D eigenvalue weighted by Crippen LogP contribution is -2.29. The molecule has 1 amide bonds. The second-order valence-electron chi connectivity index (χ2n) is 11.2. The minimum atomic E-state index is -3.38. The van der Waals surface area contributed by atoms with Gasteiger partial charge in [0.2, 0.25) is 11.8 Å². The number of carboxylic acids is 1. The highest BCUT2D eigenvalue weighted by atomic mass is 32.2. The molecule has 3 aliphatic rings. The van der Waals surface area contributed by atoms with Crippen LogP contribution in [0.1, 0.15) is 79.9 Å². The van der Waals surface area contributed by atoms with Crippen LogP contribution < -0.4 is 10.1 Å². The Balaban J connectivity index is 1.37. The van der Waals surface area contributed by atoms with Gasteiger partial charge in [0.05, 0.1) is 21.1 Å². The number of Topliss-reactive ketones (excluding diaryl/α,β-unsaturated/α-hetero) is 1. The molecule has 1 heterocycles. The number of carbonyl (C=O) groups excluding carboxylic acids is 2. The zero-order valence-corrected chi connectivity index (χ0v) is 24.6. The Morgan fingerprint density at radius 2 is 1.93 bits per heavy atom. The summed E-state index contributed by atoms with van der Waals surface area (Å²) in [5.41, 5.74) is 2.35. The highest BCUT2D eigenvalue weighted by Gasteiger charge is 2.41. The topological polar surface area (TPSA) is 140 Å². The van der Waals surface area contributed by atoms with Crippen molar-refractivity contribution in [3.05, 3.63) is 58.6 Å². The van der Waals surface area contributed by atoms with E-state index in [9.17, 15) is 22.8 Å². The van der Waals surface area contributed by atoms with E-state index in [4.69, 9.17) is 9.84 Å². The molecule has 1 aromatic carbocycles. The van der Waals surface area contributed by atoms with Crippen molar-refractivity contribution in [2.75, 3.05) is 6.61 Å². The van der Waals surface area contributed by atoms with Crippen molar-refractivity contribution in [1.82, 2.24) is 10.3 Å². The fourth-order valence-electron chi connectivity index (χ4n) is 5.31. The van der Waals surface area contributed by atoms with Crippen LogP contribution >= 0.6 is 11.8 Å². The number of carbonyl (C=O) groups is 3. The molecule has 0 unspecified atom stereocenters. The second kappa shape index (κ2) is 12.0. The van der Waals surface area contributed by atoms with Crippen LogP contribution in [0.25, 0.3) is 0 Å². The molecule has 9 nitrogen and oxygen atoms in total. The maximum Gasteiger partial charge on any atom is 0.341 e. The fourth-order valence-corrected chi connectivity index (χ4v) is 7.99. The molecule has 11 heteroatoms. The zero-order valence-electron chi connectivity index (χ0n) is 22.9.